The summed E-state index contributed by atoms with van der Waals surface area (Å²) >= 11 is 12.6. The van der Waals surface area contributed by atoms with Crippen molar-refractivity contribution in [2.24, 2.45) is 0 Å². The van der Waals surface area contributed by atoms with Gasteiger partial charge in [-0.05, 0) is 56.6 Å². The number of nitrogens with zero attached hydrogens (tertiary/aromatic N) is 4. The summed E-state index contributed by atoms with van der Waals surface area (Å²) in [7, 11) is 0. The third-order valence-corrected chi connectivity index (χ3v) is 7.62. The number of aromatic amines is 1. The molecular weight excluding hydrogens is 540 g/mol. The van der Waals surface area contributed by atoms with E-state index in [1.807, 2.05) is 31.2 Å². The second-order valence-electron chi connectivity index (χ2n) is 9.53. The number of pyridine rings is 2. The molecule has 1 atom stereocenters. The van der Waals surface area contributed by atoms with Gasteiger partial charge in [-0.2, -0.15) is 5.10 Å². The van der Waals surface area contributed by atoms with E-state index in [2.05, 4.69) is 32.0 Å². The molecule has 10 heteroatoms. The third kappa shape index (κ3) is 6.41. The maximum Gasteiger partial charge on any atom is 0.134 e. The van der Waals surface area contributed by atoms with Gasteiger partial charge in [-0.25, -0.2) is 4.39 Å². The molecule has 1 aliphatic rings. The van der Waals surface area contributed by atoms with Crippen LogP contribution in [0.2, 0.25) is 10.0 Å². The number of benzene rings is 1. The number of halogens is 3. The van der Waals surface area contributed by atoms with Crippen LogP contribution in [-0.2, 0) is 11.3 Å². The monoisotopic (exact) mass is 569 g/mol. The molecule has 39 heavy (non-hydrogen) atoms. The van der Waals surface area contributed by atoms with Crippen LogP contribution in [0.3, 0.4) is 0 Å². The number of fused-ring (bicyclic) bond motifs is 1. The fourth-order valence-corrected chi connectivity index (χ4v) is 5.56. The zero-order chi connectivity index (χ0) is 27.4. The Labute approximate surface area is 237 Å². The largest absolute Gasteiger partial charge is 0.486 e. The summed E-state index contributed by atoms with van der Waals surface area (Å²) < 4.78 is 26.9. The highest BCUT2D eigenvalue weighted by Gasteiger charge is 2.21. The minimum absolute atomic E-state index is 0.395. The van der Waals surface area contributed by atoms with Gasteiger partial charge in [-0.1, -0.05) is 30.1 Å². The molecule has 1 aromatic carbocycles. The van der Waals surface area contributed by atoms with Crippen LogP contribution in [-0.4, -0.2) is 50.9 Å². The van der Waals surface area contributed by atoms with Crippen LogP contribution >= 0.6 is 23.2 Å². The second-order valence-corrected chi connectivity index (χ2v) is 10.3. The van der Waals surface area contributed by atoms with Gasteiger partial charge in [-0.3, -0.25) is 20.0 Å². The third-order valence-electron chi connectivity index (χ3n) is 7.02. The Hall–Kier alpha value is -3.04. The Bertz CT molecular complexity index is 1430. The van der Waals surface area contributed by atoms with Crippen molar-refractivity contribution < 1.29 is 13.9 Å². The first kappa shape index (κ1) is 27.5. The van der Waals surface area contributed by atoms with Crippen molar-refractivity contribution in [2.75, 3.05) is 19.8 Å². The summed E-state index contributed by atoms with van der Waals surface area (Å²) in [5, 5.41) is 8.83. The van der Waals surface area contributed by atoms with Gasteiger partial charge in [0.05, 0.1) is 26.9 Å². The first-order valence-electron chi connectivity index (χ1n) is 13.0. The summed E-state index contributed by atoms with van der Waals surface area (Å²) in [6, 6.07) is 9.60. The lowest BCUT2D eigenvalue weighted by Gasteiger charge is -2.33. The Morgan fingerprint density at radius 2 is 1.95 bits per heavy atom. The van der Waals surface area contributed by atoms with Crippen molar-refractivity contribution in [2.45, 2.75) is 45.4 Å². The number of hydrogen-bond acceptors (Lipinski definition) is 6. The van der Waals surface area contributed by atoms with E-state index >= 15 is 4.39 Å². The van der Waals surface area contributed by atoms with Gasteiger partial charge in [0.15, 0.2) is 0 Å². The Kier molecular flexibility index (Phi) is 8.77. The normalized spacial score (nSPS) is 15.7. The second kappa shape index (κ2) is 12.4. The summed E-state index contributed by atoms with van der Waals surface area (Å²) in [5.74, 6) is 0.153. The maximum atomic E-state index is 15.3. The fraction of sp³-hybridized carbons (Fsp3) is 0.345. The van der Waals surface area contributed by atoms with Crippen molar-refractivity contribution in [3.05, 3.63) is 81.5 Å². The molecule has 0 saturated carbocycles. The maximum absolute atomic E-state index is 15.3. The molecule has 7 nitrogen and oxygen atoms in total. The number of H-pyrrole nitrogens is 1. The number of rotatable bonds is 9. The lowest BCUT2D eigenvalue weighted by atomic mass is 10.1. The molecule has 1 unspecified atom stereocenters. The fourth-order valence-electron chi connectivity index (χ4n) is 4.89. The molecule has 204 valence electrons. The Morgan fingerprint density at radius 3 is 2.64 bits per heavy atom. The van der Waals surface area contributed by atoms with Crippen LogP contribution in [0.1, 0.15) is 55.3 Å². The van der Waals surface area contributed by atoms with Gasteiger partial charge < -0.3 is 9.47 Å². The standard InChI is InChI=1S/C29H30Cl2FN5O2/c1-3-37(21-8-10-38-11-9-21)17-20-5-4-19(14-34-20)26(32)13-28-23-12-22(6-7-27(23)35-36-28)39-18(2)29-24(30)15-33-16-25(29)31/h4-7,12-16,18,21H,3,8-11,17H2,1-2H3,(H,35,36)/b26-13-. The molecule has 0 spiro atoms. The van der Waals surface area contributed by atoms with E-state index in [4.69, 9.17) is 32.7 Å². The van der Waals surface area contributed by atoms with Crippen molar-refractivity contribution in [3.8, 4) is 5.75 Å². The van der Waals surface area contributed by atoms with E-state index in [0.717, 1.165) is 55.7 Å². The van der Waals surface area contributed by atoms with Gasteiger partial charge in [-0.15, -0.1) is 0 Å². The zero-order valence-corrected chi connectivity index (χ0v) is 23.3. The molecule has 1 N–H and O–H groups in total. The predicted octanol–water partition coefficient (Wildman–Crippen LogP) is 7.27. The smallest absolute Gasteiger partial charge is 0.134 e. The lowest BCUT2D eigenvalue weighted by Crippen LogP contribution is -2.39. The van der Waals surface area contributed by atoms with Crippen LogP contribution < -0.4 is 4.74 Å². The molecule has 0 amide bonds. The topological polar surface area (TPSA) is 76.2 Å². The van der Waals surface area contributed by atoms with E-state index in [1.165, 1.54) is 18.5 Å². The highest BCUT2D eigenvalue weighted by atomic mass is 35.5. The van der Waals surface area contributed by atoms with E-state index in [-0.39, 0.29) is 0 Å². The highest BCUT2D eigenvalue weighted by molar-refractivity contribution is 6.35. The summed E-state index contributed by atoms with van der Waals surface area (Å²) in [4.78, 5) is 10.9. The van der Waals surface area contributed by atoms with Gasteiger partial charge in [0.1, 0.15) is 17.7 Å². The van der Waals surface area contributed by atoms with Crippen LogP contribution in [0.15, 0.2) is 48.9 Å². The van der Waals surface area contributed by atoms with Gasteiger partial charge in [0.25, 0.3) is 0 Å². The van der Waals surface area contributed by atoms with Gasteiger partial charge >= 0.3 is 0 Å². The SMILES string of the molecule is CCN(Cc1ccc(/C(F)=C/c2n[nH]c3ccc(OC(C)c4c(Cl)cncc4Cl)cc23)cn1)C1CCOCC1. The van der Waals surface area contributed by atoms with E-state index in [1.54, 1.807) is 12.3 Å². The molecule has 1 fully saturated rings. The minimum Gasteiger partial charge on any atom is -0.486 e. The van der Waals surface area contributed by atoms with Crippen molar-refractivity contribution >= 4 is 46.0 Å². The molecule has 0 aliphatic carbocycles. The van der Waals surface area contributed by atoms with Crippen molar-refractivity contribution in [3.63, 3.8) is 0 Å². The summed E-state index contributed by atoms with van der Waals surface area (Å²) in [6.45, 7) is 7.26. The number of nitrogens with one attached hydrogen (secondary N) is 1. The highest BCUT2D eigenvalue weighted by Crippen LogP contribution is 2.34. The Morgan fingerprint density at radius 1 is 1.18 bits per heavy atom. The number of ether oxygens (including phenoxy) is 2. The molecule has 0 radical (unpaired) electrons. The van der Waals surface area contributed by atoms with Crippen LogP contribution in [0.25, 0.3) is 22.8 Å². The van der Waals surface area contributed by atoms with Gasteiger partial charge in [0.2, 0.25) is 0 Å². The average Bonchev–Trinajstić information content (AvgIpc) is 3.34. The minimum atomic E-state index is -0.423. The van der Waals surface area contributed by atoms with Crippen LogP contribution in [0.4, 0.5) is 4.39 Å². The summed E-state index contributed by atoms with van der Waals surface area (Å²) in [5.41, 5.74) is 3.18. The predicted molar refractivity (Wildman–Crippen MR) is 153 cm³/mol. The average molecular weight is 570 g/mol. The zero-order valence-electron chi connectivity index (χ0n) is 21.8. The molecule has 4 heterocycles. The molecule has 4 aromatic rings. The quantitative estimate of drug-likeness (QED) is 0.228. The first-order valence-corrected chi connectivity index (χ1v) is 13.8. The molecule has 0 bridgehead atoms. The van der Waals surface area contributed by atoms with Crippen LogP contribution in [0.5, 0.6) is 5.75 Å². The molecule has 1 aliphatic heterocycles. The van der Waals surface area contributed by atoms with Crippen molar-refractivity contribution in [1.29, 1.82) is 0 Å². The first-order chi connectivity index (χ1) is 18.9. The molecular formula is C29H30Cl2FN5O2. The Balaban J connectivity index is 1.31. The van der Waals surface area contributed by atoms with E-state index < -0.39 is 11.9 Å². The van der Waals surface area contributed by atoms with Gasteiger partial charge in [0, 0.05) is 67.0 Å². The molecule has 3 aromatic heterocycles. The summed E-state index contributed by atoms with van der Waals surface area (Å²) in [6.07, 6.45) is 7.66. The molecule has 1 saturated heterocycles. The van der Waals surface area contributed by atoms with E-state index in [9.17, 15) is 0 Å². The molecule has 5 rings (SSSR count). The van der Waals surface area contributed by atoms with Crippen molar-refractivity contribution in [1.82, 2.24) is 25.1 Å². The number of aromatic nitrogens is 4. The lowest BCUT2D eigenvalue weighted by molar-refractivity contribution is 0.0326. The van der Waals surface area contributed by atoms with E-state index in [0.29, 0.717) is 38.7 Å². The van der Waals surface area contributed by atoms with Crippen LogP contribution in [0, 0.1) is 0 Å². The number of hydrogen-bond donors (Lipinski definition) is 1.